The minimum Gasteiger partial charge on any atom is -0.493 e. The van der Waals surface area contributed by atoms with Crippen molar-refractivity contribution in [2.45, 2.75) is 44.1 Å². The van der Waals surface area contributed by atoms with Gasteiger partial charge in [0, 0.05) is 0 Å². The van der Waals surface area contributed by atoms with Crippen molar-refractivity contribution in [3.63, 3.8) is 0 Å². The Morgan fingerprint density at radius 3 is 2.71 bits per heavy atom. The maximum atomic E-state index is 12.8. The van der Waals surface area contributed by atoms with Crippen LogP contribution in [0.25, 0.3) is 0 Å². The highest BCUT2D eigenvalue weighted by atomic mass is 16.5. The molecule has 1 aliphatic carbocycles. The summed E-state index contributed by atoms with van der Waals surface area (Å²) in [5.41, 5.74) is 5.39. The number of benzene rings is 1. The summed E-state index contributed by atoms with van der Waals surface area (Å²) in [7, 11) is 1.54. The molecule has 0 atom stereocenters. The van der Waals surface area contributed by atoms with Gasteiger partial charge in [-0.15, -0.1) is 0 Å². The molecule has 1 aromatic carbocycles. The van der Waals surface area contributed by atoms with Crippen molar-refractivity contribution in [1.82, 2.24) is 5.32 Å². The third-order valence-corrected chi connectivity index (χ3v) is 4.53. The molecule has 0 spiro atoms. The summed E-state index contributed by atoms with van der Waals surface area (Å²) in [5.74, 6) is 0.698. The normalized spacial score (nSPS) is 16.5. The lowest BCUT2D eigenvalue weighted by Gasteiger charge is -2.36. The first-order valence-electron chi connectivity index (χ1n) is 8.59. The van der Waals surface area contributed by atoms with Gasteiger partial charge in [0.15, 0.2) is 11.5 Å². The molecule has 0 unspecified atom stereocenters. The minimum absolute atomic E-state index is 0.0495. The molecular formula is C18H28N2O4. The Labute approximate surface area is 143 Å². The Balaban J connectivity index is 2.20. The first-order chi connectivity index (χ1) is 11.7. The summed E-state index contributed by atoms with van der Waals surface area (Å²) >= 11 is 0. The van der Waals surface area contributed by atoms with Gasteiger partial charge in [-0.1, -0.05) is 25.3 Å². The van der Waals surface area contributed by atoms with Crippen LogP contribution in [-0.2, 0) is 0 Å². The lowest BCUT2D eigenvalue weighted by molar-refractivity contribution is 0.0754. The molecule has 0 bridgehead atoms. The van der Waals surface area contributed by atoms with E-state index in [1.54, 1.807) is 25.3 Å². The van der Waals surface area contributed by atoms with Gasteiger partial charge in [0.2, 0.25) is 0 Å². The monoisotopic (exact) mass is 336 g/mol. The smallest absolute Gasteiger partial charge is 0.255 e. The Hall–Kier alpha value is -1.79. The molecule has 1 fully saturated rings. The molecular weight excluding hydrogens is 308 g/mol. The number of amides is 1. The lowest BCUT2D eigenvalue weighted by atomic mass is 9.82. The van der Waals surface area contributed by atoms with E-state index >= 15 is 0 Å². The number of carbonyl (C=O) groups excluding carboxylic acids is 1. The highest BCUT2D eigenvalue weighted by Gasteiger charge is 2.34. The molecule has 24 heavy (non-hydrogen) atoms. The van der Waals surface area contributed by atoms with E-state index in [1.165, 1.54) is 0 Å². The van der Waals surface area contributed by atoms with E-state index in [2.05, 4.69) is 5.32 Å². The second-order valence-electron chi connectivity index (χ2n) is 6.28. The van der Waals surface area contributed by atoms with Crippen LogP contribution >= 0.6 is 0 Å². The van der Waals surface area contributed by atoms with Crippen LogP contribution in [0.5, 0.6) is 11.5 Å². The number of nitrogens with one attached hydrogen (secondary N) is 1. The minimum atomic E-state index is -0.535. The van der Waals surface area contributed by atoms with E-state index in [0.29, 0.717) is 36.6 Å². The SMILES string of the molecule is COc1cccc(C(=O)NC2(CO)CCCCC2)c1OCCCN. The van der Waals surface area contributed by atoms with Crippen molar-refractivity contribution in [2.24, 2.45) is 5.73 Å². The number of hydrogen-bond donors (Lipinski definition) is 3. The number of aliphatic hydroxyl groups is 1. The summed E-state index contributed by atoms with van der Waals surface area (Å²) in [6, 6.07) is 5.23. The van der Waals surface area contributed by atoms with E-state index in [1.807, 2.05) is 0 Å². The number of hydrogen-bond acceptors (Lipinski definition) is 5. The molecule has 1 aromatic rings. The van der Waals surface area contributed by atoms with Crippen molar-refractivity contribution in [2.75, 3.05) is 26.9 Å². The molecule has 6 heteroatoms. The molecule has 0 aliphatic heterocycles. The lowest BCUT2D eigenvalue weighted by Crippen LogP contribution is -2.52. The van der Waals surface area contributed by atoms with Gasteiger partial charge in [0.1, 0.15) is 0 Å². The summed E-state index contributed by atoms with van der Waals surface area (Å²) in [4.78, 5) is 12.8. The predicted molar refractivity (Wildman–Crippen MR) is 92.5 cm³/mol. The molecule has 0 aromatic heterocycles. The topological polar surface area (TPSA) is 93.8 Å². The average Bonchev–Trinajstić information content (AvgIpc) is 2.62. The van der Waals surface area contributed by atoms with Crippen LogP contribution in [0.4, 0.5) is 0 Å². The molecule has 1 saturated carbocycles. The van der Waals surface area contributed by atoms with Gasteiger partial charge in [-0.3, -0.25) is 4.79 Å². The molecule has 134 valence electrons. The Morgan fingerprint density at radius 1 is 1.33 bits per heavy atom. The van der Waals surface area contributed by atoms with Crippen LogP contribution in [-0.4, -0.2) is 43.4 Å². The van der Waals surface area contributed by atoms with Crippen molar-refractivity contribution >= 4 is 5.91 Å². The zero-order valence-corrected chi connectivity index (χ0v) is 14.3. The zero-order valence-electron chi connectivity index (χ0n) is 14.3. The Kier molecular flexibility index (Phi) is 6.87. The first-order valence-corrected chi connectivity index (χ1v) is 8.59. The van der Waals surface area contributed by atoms with Gasteiger partial charge in [-0.05, 0) is 37.9 Å². The quantitative estimate of drug-likeness (QED) is 0.630. The van der Waals surface area contributed by atoms with Crippen LogP contribution in [0, 0.1) is 0 Å². The highest BCUT2D eigenvalue weighted by Crippen LogP contribution is 2.33. The number of para-hydroxylation sites is 1. The maximum absolute atomic E-state index is 12.8. The van der Waals surface area contributed by atoms with Crippen molar-refractivity contribution in [1.29, 1.82) is 0 Å². The standard InChI is InChI=1S/C18H28N2O4/c1-23-15-8-5-7-14(16(15)24-12-6-11-19)17(22)20-18(13-21)9-3-2-4-10-18/h5,7-8,21H,2-4,6,9-13,19H2,1H3,(H,20,22). The average molecular weight is 336 g/mol. The van der Waals surface area contributed by atoms with E-state index in [9.17, 15) is 9.90 Å². The van der Waals surface area contributed by atoms with E-state index in [0.717, 1.165) is 32.1 Å². The van der Waals surface area contributed by atoms with Crippen molar-refractivity contribution in [3.8, 4) is 11.5 Å². The highest BCUT2D eigenvalue weighted by molar-refractivity contribution is 5.98. The second kappa shape index (κ2) is 8.89. The molecule has 4 N–H and O–H groups in total. The summed E-state index contributed by atoms with van der Waals surface area (Å²) in [5, 5.41) is 12.8. The van der Waals surface area contributed by atoms with Crippen LogP contribution < -0.4 is 20.5 Å². The Bertz CT molecular complexity index is 542. The van der Waals surface area contributed by atoms with E-state index in [4.69, 9.17) is 15.2 Å². The fraction of sp³-hybridized carbons (Fsp3) is 0.611. The van der Waals surface area contributed by atoms with Crippen LogP contribution in [0.2, 0.25) is 0 Å². The fourth-order valence-electron chi connectivity index (χ4n) is 3.12. The Morgan fingerprint density at radius 2 is 2.08 bits per heavy atom. The van der Waals surface area contributed by atoms with E-state index < -0.39 is 5.54 Å². The van der Waals surface area contributed by atoms with Crippen LogP contribution in [0.1, 0.15) is 48.9 Å². The van der Waals surface area contributed by atoms with Gasteiger partial charge >= 0.3 is 0 Å². The maximum Gasteiger partial charge on any atom is 0.255 e. The summed E-state index contributed by atoms with van der Waals surface area (Å²) < 4.78 is 11.1. The van der Waals surface area contributed by atoms with Crippen molar-refractivity contribution in [3.05, 3.63) is 23.8 Å². The molecule has 2 rings (SSSR count). The van der Waals surface area contributed by atoms with Crippen LogP contribution in [0.3, 0.4) is 0 Å². The largest absolute Gasteiger partial charge is 0.493 e. The van der Waals surface area contributed by atoms with Crippen molar-refractivity contribution < 1.29 is 19.4 Å². The number of aliphatic hydroxyl groups excluding tert-OH is 1. The third kappa shape index (κ3) is 4.39. The van der Waals surface area contributed by atoms with E-state index in [-0.39, 0.29) is 12.5 Å². The first kappa shape index (κ1) is 18.5. The molecule has 1 aliphatic rings. The number of ether oxygens (including phenoxy) is 2. The number of methoxy groups -OCH3 is 1. The molecule has 0 saturated heterocycles. The summed E-state index contributed by atoms with van der Waals surface area (Å²) in [6.45, 7) is 0.888. The van der Waals surface area contributed by atoms with Gasteiger partial charge in [-0.25, -0.2) is 0 Å². The van der Waals surface area contributed by atoms with Gasteiger partial charge in [-0.2, -0.15) is 0 Å². The number of rotatable bonds is 8. The molecule has 0 radical (unpaired) electrons. The fourth-order valence-corrected chi connectivity index (χ4v) is 3.12. The number of nitrogens with two attached hydrogens (primary N) is 1. The van der Waals surface area contributed by atoms with Gasteiger partial charge in [0.25, 0.3) is 5.91 Å². The predicted octanol–water partition coefficient (Wildman–Crippen LogP) is 1.85. The van der Waals surface area contributed by atoms with Gasteiger partial charge in [0.05, 0.1) is 31.4 Å². The molecule has 6 nitrogen and oxygen atoms in total. The van der Waals surface area contributed by atoms with Gasteiger partial charge < -0.3 is 25.6 Å². The molecule has 0 heterocycles. The summed E-state index contributed by atoms with van der Waals surface area (Å²) in [6.07, 6.45) is 5.45. The second-order valence-corrected chi connectivity index (χ2v) is 6.28. The van der Waals surface area contributed by atoms with Crippen LogP contribution in [0.15, 0.2) is 18.2 Å². The third-order valence-electron chi connectivity index (χ3n) is 4.53. The molecule has 1 amide bonds. The number of carbonyl (C=O) groups is 1. The zero-order chi connectivity index (χ0) is 17.4.